The number of halogens is 1. The molecule has 10 heteroatoms. The lowest BCUT2D eigenvalue weighted by molar-refractivity contribution is -0.385. The van der Waals surface area contributed by atoms with E-state index in [0.717, 1.165) is 16.7 Å². The van der Waals surface area contributed by atoms with Crippen LogP contribution in [0.2, 0.25) is 5.02 Å². The first-order valence-electron chi connectivity index (χ1n) is 10.4. The van der Waals surface area contributed by atoms with E-state index in [-0.39, 0.29) is 19.1 Å². The molecule has 0 N–H and O–H groups in total. The standard InChI is InChI=1S/C24H19ClN4O4S/c25-20-8-6-17(7-9-20)23-26-27-24(28(23)12-16-4-2-1-3-5-16)34-14-19-11-21(29(30)31)10-18-13-32-15-33-22(18)19/h1-11H,12-15H2. The molecule has 1 aromatic heterocycles. The molecule has 2 heterocycles. The van der Waals surface area contributed by atoms with Gasteiger partial charge in [0.25, 0.3) is 5.69 Å². The maximum atomic E-state index is 11.4. The molecule has 1 aliphatic heterocycles. The minimum Gasteiger partial charge on any atom is -0.467 e. The third-order valence-corrected chi connectivity index (χ3v) is 6.61. The largest absolute Gasteiger partial charge is 0.467 e. The van der Waals surface area contributed by atoms with Gasteiger partial charge in [-0.1, -0.05) is 53.7 Å². The fraction of sp³-hybridized carbons (Fsp3) is 0.167. The zero-order valence-electron chi connectivity index (χ0n) is 17.9. The maximum absolute atomic E-state index is 11.4. The zero-order valence-corrected chi connectivity index (χ0v) is 19.5. The Bertz CT molecular complexity index is 1330. The van der Waals surface area contributed by atoms with Crippen LogP contribution in [0.15, 0.2) is 71.9 Å². The van der Waals surface area contributed by atoms with Crippen LogP contribution in [0.4, 0.5) is 5.69 Å². The van der Waals surface area contributed by atoms with Gasteiger partial charge in [-0.15, -0.1) is 10.2 Å². The highest BCUT2D eigenvalue weighted by molar-refractivity contribution is 7.98. The van der Waals surface area contributed by atoms with Crippen molar-refractivity contribution in [2.45, 2.75) is 24.1 Å². The quantitative estimate of drug-likeness (QED) is 0.184. The topological polar surface area (TPSA) is 92.3 Å². The highest BCUT2D eigenvalue weighted by Gasteiger charge is 2.22. The summed E-state index contributed by atoms with van der Waals surface area (Å²) in [5.74, 6) is 1.78. The number of nitro groups is 1. The minimum atomic E-state index is -0.403. The number of nitrogens with zero attached hydrogens (tertiary/aromatic N) is 4. The van der Waals surface area contributed by atoms with Gasteiger partial charge in [0.2, 0.25) is 0 Å². The lowest BCUT2D eigenvalue weighted by Gasteiger charge is -2.20. The molecule has 0 saturated carbocycles. The van der Waals surface area contributed by atoms with Crippen molar-refractivity contribution in [1.82, 2.24) is 14.8 Å². The number of fused-ring (bicyclic) bond motifs is 1. The van der Waals surface area contributed by atoms with Crippen LogP contribution in [0, 0.1) is 10.1 Å². The average molecular weight is 495 g/mol. The SMILES string of the molecule is O=[N+]([O-])c1cc2c(c(CSc3nnc(-c4ccc(Cl)cc4)n3Cc3ccccc3)c1)OCOC2. The third-order valence-electron chi connectivity index (χ3n) is 5.34. The molecule has 0 spiro atoms. The Balaban J connectivity index is 1.49. The summed E-state index contributed by atoms with van der Waals surface area (Å²) in [4.78, 5) is 11.0. The highest BCUT2D eigenvalue weighted by Crippen LogP contribution is 2.36. The van der Waals surface area contributed by atoms with Crippen molar-refractivity contribution in [2.24, 2.45) is 0 Å². The number of thioether (sulfide) groups is 1. The van der Waals surface area contributed by atoms with Gasteiger partial charge in [-0.2, -0.15) is 0 Å². The smallest absolute Gasteiger partial charge is 0.270 e. The van der Waals surface area contributed by atoms with Gasteiger partial charge < -0.3 is 9.47 Å². The number of hydrogen-bond acceptors (Lipinski definition) is 7. The molecular weight excluding hydrogens is 476 g/mol. The molecule has 3 aromatic carbocycles. The number of rotatable bonds is 7. The maximum Gasteiger partial charge on any atom is 0.270 e. The normalized spacial score (nSPS) is 12.7. The first kappa shape index (κ1) is 22.4. The van der Waals surface area contributed by atoms with E-state index in [9.17, 15) is 10.1 Å². The van der Waals surface area contributed by atoms with Gasteiger partial charge in [0, 0.05) is 39.6 Å². The number of aromatic nitrogens is 3. The summed E-state index contributed by atoms with van der Waals surface area (Å²) in [7, 11) is 0. The third kappa shape index (κ3) is 4.77. The Kier molecular flexibility index (Phi) is 6.48. The number of benzene rings is 3. The van der Waals surface area contributed by atoms with Gasteiger partial charge in [0.1, 0.15) is 5.75 Å². The summed E-state index contributed by atoms with van der Waals surface area (Å²) in [6.07, 6.45) is 0. The van der Waals surface area contributed by atoms with Crippen LogP contribution in [0.1, 0.15) is 16.7 Å². The molecular formula is C24H19ClN4O4S. The molecule has 34 heavy (non-hydrogen) atoms. The monoisotopic (exact) mass is 494 g/mol. The predicted octanol–water partition coefficient (Wildman–Crippen LogP) is 5.71. The van der Waals surface area contributed by atoms with E-state index in [0.29, 0.717) is 39.6 Å². The van der Waals surface area contributed by atoms with Crippen molar-refractivity contribution in [3.63, 3.8) is 0 Å². The van der Waals surface area contributed by atoms with Crippen LogP contribution in [0.25, 0.3) is 11.4 Å². The van der Waals surface area contributed by atoms with E-state index in [1.54, 1.807) is 6.07 Å². The number of ether oxygens (including phenoxy) is 2. The van der Waals surface area contributed by atoms with E-state index in [2.05, 4.69) is 10.2 Å². The average Bonchev–Trinajstić information content (AvgIpc) is 3.25. The van der Waals surface area contributed by atoms with Crippen LogP contribution in [-0.2, 0) is 23.6 Å². The molecule has 0 aliphatic carbocycles. The summed E-state index contributed by atoms with van der Waals surface area (Å²) < 4.78 is 13.0. The van der Waals surface area contributed by atoms with Gasteiger partial charge in [-0.3, -0.25) is 14.7 Å². The van der Waals surface area contributed by atoms with Gasteiger partial charge in [0.05, 0.1) is 18.1 Å². The van der Waals surface area contributed by atoms with Crippen molar-refractivity contribution < 1.29 is 14.4 Å². The summed E-state index contributed by atoms with van der Waals surface area (Å²) in [5.41, 5.74) is 3.40. The summed E-state index contributed by atoms with van der Waals surface area (Å²) in [6.45, 7) is 0.971. The number of hydrogen-bond donors (Lipinski definition) is 0. The van der Waals surface area contributed by atoms with Crippen LogP contribution in [0.3, 0.4) is 0 Å². The van der Waals surface area contributed by atoms with E-state index >= 15 is 0 Å². The van der Waals surface area contributed by atoms with E-state index in [1.807, 2.05) is 59.2 Å². The fourth-order valence-corrected chi connectivity index (χ4v) is 4.78. The van der Waals surface area contributed by atoms with Crippen molar-refractivity contribution in [1.29, 1.82) is 0 Å². The van der Waals surface area contributed by atoms with E-state index in [1.165, 1.54) is 17.8 Å². The lowest BCUT2D eigenvalue weighted by Crippen LogP contribution is -2.13. The van der Waals surface area contributed by atoms with Gasteiger partial charge >= 0.3 is 0 Å². The Morgan fingerprint density at radius 1 is 1.09 bits per heavy atom. The summed E-state index contributed by atoms with van der Waals surface area (Å²) in [6, 6.07) is 20.6. The second-order valence-electron chi connectivity index (χ2n) is 7.63. The van der Waals surface area contributed by atoms with E-state index in [4.69, 9.17) is 21.1 Å². The van der Waals surface area contributed by atoms with Crippen LogP contribution in [-0.4, -0.2) is 26.5 Å². The fourth-order valence-electron chi connectivity index (χ4n) is 3.75. The Morgan fingerprint density at radius 2 is 1.88 bits per heavy atom. The Morgan fingerprint density at radius 3 is 2.65 bits per heavy atom. The highest BCUT2D eigenvalue weighted by atomic mass is 35.5. The zero-order chi connectivity index (χ0) is 23.5. The van der Waals surface area contributed by atoms with Gasteiger partial charge in [0.15, 0.2) is 17.8 Å². The van der Waals surface area contributed by atoms with Crippen LogP contribution in [0.5, 0.6) is 5.75 Å². The number of non-ortho nitro benzene ring substituents is 1. The van der Waals surface area contributed by atoms with E-state index < -0.39 is 4.92 Å². The molecule has 8 nitrogen and oxygen atoms in total. The molecule has 172 valence electrons. The minimum absolute atomic E-state index is 0.0102. The van der Waals surface area contributed by atoms with Crippen molar-refractivity contribution in [2.75, 3.05) is 6.79 Å². The lowest BCUT2D eigenvalue weighted by atomic mass is 10.1. The number of nitro benzene ring substituents is 1. The molecule has 0 amide bonds. The van der Waals surface area contributed by atoms with Gasteiger partial charge in [-0.05, 0) is 29.8 Å². The predicted molar refractivity (Wildman–Crippen MR) is 129 cm³/mol. The Labute approximate surface area is 204 Å². The molecule has 0 fully saturated rings. The van der Waals surface area contributed by atoms with Crippen molar-refractivity contribution in [3.05, 3.63) is 98.6 Å². The second kappa shape index (κ2) is 9.84. The van der Waals surface area contributed by atoms with Gasteiger partial charge in [-0.25, -0.2) is 0 Å². The molecule has 0 radical (unpaired) electrons. The van der Waals surface area contributed by atoms with Crippen LogP contribution >= 0.6 is 23.4 Å². The first-order valence-corrected chi connectivity index (χ1v) is 11.8. The van der Waals surface area contributed by atoms with Crippen molar-refractivity contribution >= 4 is 29.1 Å². The van der Waals surface area contributed by atoms with Crippen molar-refractivity contribution in [3.8, 4) is 17.1 Å². The van der Waals surface area contributed by atoms with Crippen LogP contribution < -0.4 is 4.74 Å². The molecule has 0 unspecified atom stereocenters. The molecule has 4 aromatic rings. The first-order chi connectivity index (χ1) is 16.6. The molecule has 0 saturated heterocycles. The molecule has 0 bridgehead atoms. The second-order valence-corrected chi connectivity index (χ2v) is 9.01. The molecule has 0 atom stereocenters. The molecule has 5 rings (SSSR count). The Hall–Kier alpha value is -3.40. The molecule has 1 aliphatic rings. The summed E-state index contributed by atoms with van der Waals surface area (Å²) in [5, 5.41) is 21.7. The summed E-state index contributed by atoms with van der Waals surface area (Å²) >= 11 is 7.52.